The molecule has 0 radical (unpaired) electrons. The van der Waals surface area contributed by atoms with E-state index in [1.54, 1.807) is 0 Å². The van der Waals surface area contributed by atoms with Crippen molar-refractivity contribution in [2.24, 2.45) is 11.3 Å². The number of carbonyl (C=O) groups is 1. The summed E-state index contributed by atoms with van der Waals surface area (Å²) < 4.78 is 0. The number of nitrogens with one attached hydrogen (secondary N) is 2. The lowest BCUT2D eigenvalue weighted by Gasteiger charge is -2.23. The molecule has 118 valence electrons. The number of carbonyl (C=O) groups excluding carboxylic acids is 1. The van der Waals surface area contributed by atoms with Crippen LogP contribution >= 0.6 is 24.8 Å². The smallest absolute Gasteiger partial charge is 0.227 e. The van der Waals surface area contributed by atoms with E-state index in [-0.39, 0.29) is 36.1 Å². The topological polar surface area (TPSA) is 44.4 Å². The van der Waals surface area contributed by atoms with E-state index in [1.807, 2.05) is 0 Å². The first-order valence-electron chi connectivity index (χ1n) is 7.40. The van der Waals surface area contributed by atoms with Gasteiger partial charge in [0.2, 0.25) is 5.91 Å². The summed E-state index contributed by atoms with van der Waals surface area (Å²) in [5.74, 6) is 0.921. The summed E-state index contributed by atoms with van der Waals surface area (Å²) in [5.41, 5.74) is -0.172. The molecule has 0 aromatic heterocycles. The van der Waals surface area contributed by atoms with Gasteiger partial charge in [-0.25, -0.2) is 0 Å². The molecular weight excluding hydrogens is 297 g/mol. The van der Waals surface area contributed by atoms with Gasteiger partial charge in [-0.05, 0) is 51.6 Å². The second-order valence-electron chi connectivity index (χ2n) is 6.58. The molecule has 0 spiro atoms. The highest BCUT2D eigenvalue weighted by molar-refractivity contribution is 5.85. The van der Waals surface area contributed by atoms with Gasteiger partial charge in [0.15, 0.2) is 0 Å². The Labute approximate surface area is 134 Å². The van der Waals surface area contributed by atoms with Crippen LogP contribution in [0.4, 0.5) is 0 Å². The molecule has 20 heavy (non-hydrogen) atoms. The van der Waals surface area contributed by atoms with Crippen molar-refractivity contribution in [1.29, 1.82) is 0 Å². The van der Waals surface area contributed by atoms with Gasteiger partial charge in [-0.3, -0.25) is 4.79 Å². The van der Waals surface area contributed by atoms with Crippen LogP contribution in [0, 0.1) is 11.3 Å². The molecule has 2 N–H and O–H groups in total. The third-order valence-corrected chi connectivity index (χ3v) is 4.85. The Morgan fingerprint density at radius 3 is 2.70 bits per heavy atom. The molecule has 3 aliphatic rings. The summed E-state index contributed by atoms with van der Waals surface area (Å²) >= 11 is 0. The van der Waals surface area contributed by atoms with E-state index in [4.69, 9.17) is 0 Å². The predicted octanol–water partition coefficient (Wildman–Crippen LogP) is 1.43. The van der Waals surface area contributed by atoms with Crippen LogP contribution in [0.1, 0.15) is 32.6 Å². The molecule has 2 atom stereocenters. The SMILES string of the molecule is CC1(C(=O)NCC2CCN(C3CC3)C2)CCNC1.Cl.Cl. The van der Waals surface area contributed by atoms with Crippen molar-refractivity contribution < 1.29 is 4.79 Å². The molecule has 2 aliphatic heterocycles. The lowest BCUT2D eigenvalue weighted by molar-refractivity contribution is -0.129. The Bertz CT molecular complexity index is 330. The normalized spacial score (nSPS) is 33.4. The van der Waals surface area contributed by atoms with Crippen LogP contribution in [0.3, 0.4) is 0 Å². The maximum absolute atomic E-state index is 12.2. The van der Waals surface area contributed by atoms with E-state index >= 15 is 0 Å². The zero-order valence-corrected chi connectivity index (χ0v) is 13.8. The fraction of sp³-hybridized carbons (Fsp3) is 0.929. The summed E-state index contributed by atoms with van der Waals surface area (Å²) in [5, 5.41) is 6.46. The second kappa shape index (κ2) is 7.30. The molecule has 0 bridgehead atoms. The van der Waals surface area contributed by atoms with Crippen molar-refractivity contribution in [3.63, 3.8) is 0 Å². The van der Waals surface area contributed by atoms with Crippen LogP contribution in [0.2, 0.25) is 0 Å². The van der Waals surface area contributed by atoms with Crippen LogP contribution in [0.15, 0.2) is 0 Å². The van der Waals surface area contributed by atoms with Gasteiger partial charge >= 0.3 is 0 Å². The fourth-order valence-electron chi connectivity index (χ4n) is 3.26. The van der Waals surface area contributed by atoms with E-state index in [1.165, 1.54) is 32.4 Å². The molecule has 3 fully saturated rings. The van der Waals surface area contributed by atoms with E-state index in [9.17, 15) is 4.79 Å². The molecule has 1 aliphatic carbocycles. The standard InChI is InChI=1S/C14H25N3O.2ClH/c1-14(5-6-15-10-14)13(18)16-8-11-4-7-17(9-11)12-2-3-12;;/h11-12,15H,2-10H2,1H3,(H,16,18);2*1H. The third-order valence-electron chi connectivity index (χ3n) is 4.85. The maximum atomic E-state index is 12.2. The van der Waals surface area contributed by atoms with Gasteiger partial charge in [0, 0.05) is 25.7 Å². The van der Waals surface area contributed by atoms with Crippen molar-refractivity contribution in [1.82, 2.24) is 15.5 Å². The minimum Gasteiger partial charge on any atom is -0.355 e. The summed E-state index contributed by atoms with van der Waals surface area (Å²) in [6, 6.07) is 0.877. The van der Waals surface area contributed by atoms with Gasteiger partial charge in [0.25, 0.3) is 0 Å². The number of nitrogens with zero attached hydrogens (tertiary/aromatic N) is 1. The molecule has 2 unspecified atom stereocenters. The van der Waals surface area contributed by atoms with Gasteiger partial charge in [-0.15, -0.1) is 24.8 Å². The summed E-state index contributed by atoms with van der Waals surface area (Å²) in [4.78, 5) is 14.8. The van der Waals surface area contributed by atoms with Gasteiger partial charge < -0.3 is 15.5 Å². The minimum absolute atomic E-state index is 0. The first-order chi connectivity index (χ1) is 8.67. The zero-order chi connectivity index (χ0) is 12.6. The lowest BCUT2D eigenvalue weighted by atomic mass is 9.88. The van der Waals surface area contributed by atoms with Crippen LogP contribution in [0.25, 0.3) is 0 Å². The molecule has 0 aromatic carbocycles. The molecule has 2 saturated heterocycles. The maximum Gasteiger partial charge on any atom is 0.227 e. The Balaban J connectivity index is 0.000001000. The van der Waals surface area contributed by atoms with Crippen LogP contribution in [-0.2, 0) is 4.79 Å². The van der Waals surface area contributed by atoms with Crippen molar-refractivity contribution in [2.75, 3.05) is 32.7 Å². The minimum atomic E-state index is -0.172. The summed E-state index contributed by atoms with van der Waals surface area (Å²) in [6.45, 7) is 7.19. The number of halogens is 2. The molecule has 1 saturated carbocycles. The first kappa shape index (κ1) is 18.0. The van der Waals surface area contributed by atoms with Crippen LogP contribution in [-0.4, -0.2) is 49.6 Å². The second-order valence-corrected chi connectivity index (χ2v) is 6.58. The highest BCUT2D eigenvalue weighted by Crippen LogP contribution is 2.31. The molecule has 0 aromatic rings. The van der Waals surface area contributed by atoms with Crippen molar-refractivity contribution in [3.8, 4) is 0 Å². The van der Waals surface area contributed by atoms with Gasteiger partial charge in [0.1, 0.15) is 0 Å². The number of rotatable bonds is 4. The molecule has 2 heterocycles. The highest BCUT2D eigenvalue weighted by Gasteiger charge is 2.37. The summed E-state index contributed by atoms with van der Waals surface area (Å²) in [7, 11) is 0. The molecule has 1 amide bonds. The average molecular weight is 324 g/mol. The van der Waals surface area contributed by atoms with E-state index < -0.39 is 0 Å². The zero-order valence-electron chi connectivity index (χ0n) is 12.2. The lowest BCUT2D eigenvalue weighted by Crippen LogP contribution is -2.42. The average Bonchev–Trinajstić information content (AvgIpc) is 2.94. The Morgan fingerprint density at radius 2 is 2.10 bits per heavy atom. The number of hydrogen-bond donors (Lipinski definition) is 2. The van der Waals surface area contributed by atoms with Gasteiger partial charge in [0.05, 0.1) is 5.41 Å². The van der Waals surface area contributed by atoms with Gasteiger partial charge in [-0.2, -0.15) is 0 Å². The molecular formula is C14H27Cl2N3O. The Morgan fingerprint density at radius 1 is 1.35 bits per heavy atom. The van der Waals surface area contributed by atoms with Gasteiger partial charge in [-0.1, -0.05) is 0 Å². The molecule has 6 heteroatoms. The van der Waals surface area contributed by atoms with Crippen LogP contribution in [0.5, 0.6) is 0 Å². The monoisotopic (exact) mass is 323 g/mol. The highest BCUT2D eigenvalue weighted by atomic mass is 35.5. The number of hydrogen-bond acceptors (Lipinski definition) is 3. The van der Waals surface area contributed by atoms with E-state index in [0.29, 0.717) is 5.92 Å². The number of amides is 1. The quantitative estimate of drug-likeness (QED) is 0.822. The van der Waals surface area contributed by atoms with E-state index in [0.717, 1.165) is 32.1 Å². The first-order valence-corrected chi connectivity index (χ1v) is 7.40. The summed E-state index contributed by atoms with van der Waals surface area (Å²) in [6.07, 6.45) is 5.01. The Hall–Kier alpha value is -0.0300. The fourth-order valence-corrected chi connectivity index (χ4v) is 3.26. The van der Waals surface area contributed by atoms with Crippen LogP contribution < -0.4 is 10.6 Å². The van der Waals surface area contributed by atoms with E-state index in [2.05, 4.69) is 22.5 Å². The largest absolute Gasteiger partial charge is 0.355 e. The van der Waals surface area contributed by atoms with Crippen molar-refractivity contribution in [3.05, 3.63) is 0 Å². The Kier molecular flexibility index (Phi) is 6.58. The van der Waals surface area contributed by atoms with Crippen molar-refractivity contribution >= 4 is 30.7 Å². The molecule has 3 rings (SSSR count). The molecule has 4 nitrogen and oxygen atoms in total. The van der Waals surface area contributed by atoms with Crippen molar-refractivity contribution in [2.45, 2.75) is 38.6 Å². The predicted molar refractivity (Wildman–Crippen MR) is 85.8 cm³/mol. The third kappa shape index (κ3) is 4.00. The number of likely N-dealkylation sites (tertiary alicyclic amines) is 1.